The predicted molar refractivity (Wildman–Crippen MR) is 74.4 cm³/mol. The summed E-state index contributed by atoms with van der Waals surface area (Å²) in [6.45, 7) is 3.20. The van der Waals surface area contributed by atoms with Crippen molar-refractivity contribution in [2.75, 3.05) is 26.2 Å². The summed E-state index contributed by atoms with van der Waals surface area (Å²) >= 11 is 0. The number of rotatable bonds is 3. The summed E-state index contributed by atoms with van der Waals surface area (Å²) in [6, 6.07) is 0.358. The number of hydrogen-bond acceptors (Lipinski definition) is 5. The van der Waals surface area contributed by atoms with Crippen LogP contribution in [0.1, 0.15) is 24.8 Å². The predicted octanol–water partition coefficient (Wildman–Crippen LogP) is -0.273. The number of piperidine rings is 1. The maximum Gasteiger partial charge on any atom is 0.260 e. The van der Waals surface area contributed by atoms with E-state index in [9.17, 15) is 8.42 Å². The second-order valence-electron chi connectivity index (χ2n) is 5.48. The van der Waals surface area contributed by atoms with Crippen LogP contribution in [-0.4, -0.2) is 60.0 Å². The highest BCUT2D eigenvalue weighted by molar-refractivity contribution is 7.89. The fraction of sp³-hybridized carbons (Fsp3) is 0.750. The molecule has 1 aromatic heterocycles. The fourth-order valence-corrected chi connectivity index (χ4v) is 4.73. The standard InChI is InChI=1S/C12H21N5O2S/c13-7-10-8-14-15-12(10)20(18,19)17-6-5-16-4-2-1-3-11(16)9-17/h8,11H,1-7,9,13H2,(H,14,15). The highest BCUT2D eigenvalue weighted by Gasteiger charge is 2.36. The Bertz CT molecular complexity index is 570. The first kappa shape index (κ1) is 14.0. The quantitative estimate of drug-likeness (QED) is 0.801. The number of sulfonamides is 1. The number of nitrogens with zero attached hydrogens (tertiary/aromatic N) is 3. The summed E-state index contributed by atoms with van der Waals surface area (Å²) in [6.07, 6.45) is 4.98. The van der Waals surface area contributed by atoms with Crippen molar-refractivity contribution in [2.45, 2.75) is 36.9 Å². The van der Waals surface area contributed by atoms with E-state index < -0.39 is 10.0 Å². The second-order valence-corrected chi connectivity index (χ2v) is 7.35. The SMILES string of the molecule is NCc1cn[nH]c1S(=O)(=O)N1CCN2CCCCC2C1. The molecule has 3 N–H and O–H groups in total. The Morgan fingerprint density at radius 1 is 1.35 bits per heavy atom. The van der Waals surface area contributed by atoms with Crippen LogP contribution in [0.15, 0.2) is 11.2 Å². The minimum Gasteiger partial charge on any atom is -0.326 e. The van der Waals surface area contributed by atoms with Gasteiger partial charge in [-0.25, -0.2) is 8.42 Å². The number of fused-ring (bicyclic) bond motifs is 1. The van der Waals surface area contributed by atoms with Crippen molar-refractivity contribution in [2.24, 2.45) is 5.73 Å². The van der Waals surface area contributed by atoms with E-state index in [1.165, 1.54) is 19.0 Å². The van der Waals surface area contributed by atoms with Crippen molar-refractivity contribution >= 4 is 10.0 Å². The number of aromatic amines is 1. The number of piperazine rings is 1. The van der Waals surface area contributed by atoms with Gasteiger partial charge >= 0.3 is 0 Å². The van der Waals surface area contributed by atoms with Crippen LogP contribution in [-0.2, 0) is 16.6 Å². The third kappa shape index (κ3) is 2.37. The van der Waals surface area contributed by atoms with E-state index in [2.05, 4.69) is 15.1 Å². The van der Waals surface area contributed by atoms with Crippen molar-refractivity contribution in [1.29, 1.82) is 0 Å². The molecule has 20 heavy (non-hydrogen) atoms. The van der Waals surface area contributed by atoms with Crippen LogP contribution in [0.2, 0.25) is 0 Å². The van der Waals surface area contributed by atoms with Crippen molar-refractivity contribution < 1.29 is 8.42 Å². The molecule has 0 aliphatic carbocycles. The first-order valence-corrected chi connectivity index (χ1v) is 8.53. The average Bonchev–Trinajstić information content (AvgIpc) is 2.96. The molecule has 2 aliphatic rings. The zero-order chi connectivity index (χ0) is 14.2. The van der Waals surface area contributed by atoms with Gasteiger partial charge in [-0.2, -0.15) is 9.40 Å². The summed E-state index contributed by atoms with van der Waals surface area (Å²) in [5.74, 6) is 0. The molecule has 3 heterocycles. The molecule has 0 bridgehead atoms. The summed E-state index contributed by atoms with van der Waals surface area (Å²) in [5.41, 5.74) is 6.13. The van der Waals surface area contributed by atoms with Crippen molar-refractivity contribution in [3.05, 3.63) is 11.8 Å². The fourth-order valence-electron chi connectivity index (χ4n) is 3.14. The van der Waals surface area contributed by atoms with E-state index in [-0.39, 0.29) is 11.6 Å². The maximum atomic E-state index is 12.7. The number of aromatic nitrogens is 2. The van der Waals surface area contributed by atoms with E-state index in [4.69, 9.17) is 5.73 Å². The highest BCUT2D eigenvalue weighted by Crippen LogP contribution is 2.25. The van der Waals surface area contributed by atoms with Crippen LogP contribution in [0.25, 0.3) is 0 Å². The van der Waals surface area contributed by atoms with Gasteiger partial charge in [0, 0.05) is 37.8 Å². The molecule has 0 amide bonds. The van der Waals surface area contributed by atoms with Crippen LogP contribution in [0.4, 0.5) is 0 Å². The molecule has 112 valence electrons. The van der Waals surface area contributed by atoms with Gasteiger partial charge in [0.15, 0.2) is 5.03 Å². The van der Waals surface area contributed by atoms with Gasteiger partial charge in [0.2, 0.25) is 0 Å². The maximum absolute atomic E-state index is 12.7. The summed E-state index contributed by atoms with van der Waals surface area (Å²) in [4.78, 5) is 2.41. The Hall–Kier alpha value is -0.960. The molecule has 1 atom stereocenters. The molecule has 1 aromatic rings. The monoisotopic (exact) mass is 299 g/mol. The van der Waals surface area contributed by atoms with Crippen molar-refractivity contribution in [1.82, 2.24) is 19.4 Å². The van der Waals surface area contributed by atoms with Crippen LogP contribution in [0.5, 0.6) is 0 Å². The lowest BCUT2D eigenvalue weighted by Gasteiger charge is -2.43. The minimum absolute atomic E-state index is 0.157. The molecule has 2 fully saturated rings. The second kappa shape index (κ2) is 5.44. The first-order chi connectivity index (χ1) is 9.63. The summed E-state index contributed by atoms with van der Waals surface area (Å²) < 4.78 is 26.9. The molecule has 0 radical (unpaired) electrons. The normalized spacial score (nSPS) is 25.6. The Balaban J connectivity index is 1.82. The molecule has 2 saturated heterocycles. The Morgan fingerprint density at radius 3 is 3.00 bits per heavy atom. The largest absolute Gasteiger partial charge is 0.326 e. The van der Waals surface area contributed by atoms with Gasteiger partial charge < -0.3 is 5.73 Å². The van der Waals surface area contributed by atoms with Crippen LogP contribution in [0.3, 0.4) is 0 Å². The van der Waals surface area contributed by atoms with Crippen LogP contribution < -0.4 is 5.73 Å². The smallest absolute Gasteiger partial charge is 0.260 e. The lowest BCUT2D eigenvalue weighted by atomic mass is 10.0. The van der Waals surface area contributed by atoms with Gasteiger partial charge in [0.05, 0.1) is 6.20 Å². The van der Waals surface area contributed by atoms with Crippen LogP contribution in [0, 0.1) is 0 Å². The molecule has 1 unspecified atom stereocenters. The van der Waals surface area contributed by atoms with Gasteiger partial charge in [-0.1, -0.05) is 6.42 Å². The molecule has 7 nitrogen and oxygen atoms in total. The van der Waals surface area contributed by atoms with Gasteiger partial charge in [0.1, 0.15) is 0 Å². The van der Waals surface area contributed by atoms with E-state index in [0.717, 1.165) is 19.5 Å². The van der Waals surface area contributed by atoms with Gasteiger partial charge in [-0.15, -0.1) is 0 Å². The first-order valence-electron chi connectivity index (χ1n) is 7.09. The van der Waals surface area contributed by atoms with Gasteiger partial charge in [-0.3, -0.25) is 10.00 Å². The summed E-state index contributed by atoms with van der Waals surface area (Å²) in [7, 11) is -3.50. The molecule has 0 aromatic carbocycles. The van der Waals surface area contributed by atoms with E-state index in [0.29, 0.717) is 24.7 Å². The lowest BCUT2D eigenvalue weighted by Crippen LogP contribution is -2.56. The summed E-state index contributed by atoms with van der Waals surface area (Å²) in [5, 5.41) is 6.56. The van der Waals surface area contributed by atoms with Gasteiger partial charge in [0.25, 0.3) is 10.0 Å². The Kier molecular flexibility index (Phi) is 3.80. The highest BCUT2D eigenvalue weighted by atomic mass is 32.2. The van der Waals surface area contributed by atoms with Crippen LogP contribution >= 0.6 is 0 Å². The Morgan fingerprint density at radius 2 is 2.20 bits per heavy atom. The zero-order valence-corrected chi connectivity index (χ0v) is 12.3. The van der Waals surface area contributed by atoms with Gasteiger partial charge in [-0.05, 0) is 19.4 Å². The number of nitrogens with one attached hydrogen (secondary N) is 1. The molecular formula is C12H21N5O2S. The molecule has 8 heteroatoms. The van der Waals surface area contributed by atoms with E-state index >= 15 is 0 Å². The number of H-pyrrole nitrogens is 1. The van der Waals surface area contributed by atoms with Crippen molar-refractivity contribution in [3.63, 3.8) is 0 Å². The molecular weight excluding hydrogens is 278 g/mol. The number of nitrogens with two attached hydrogens (primary N) is 1. The van der Waals surface area contributed by atoms with E-state index in [1.807, 2.05) is 0 Å². The Labute approximate surface area is 119 Å². The molecule has 3 rings (SSSR count). The topological polar surface area (TPSA) is 95.3 Å². The molecule has 0 saturated carbocycles. The molecule has 0 spiro atoms. The minimum atomic E-state index is -3.50. The van der Waals surface area contributed by atoms with Crippen molar-refractivity contribution in [3.8, 4) is 0 Å². The third-order valence-electron chi connectivity index (χ3n) is 4.30. The number of hydrogen-bond donors (Lipinski definition) is 2. The third-order valence-corrected chi connectivity index (χ3v) is 6.18. The zero-order valence-electron chi connectivity index (χ0n) is 11.5. The average molecular weight is 299 g/mol. The lowest BCUT2D eigenvalue weighted by molar-refractivity contribution is 0.0850. The molecule has 2 aliphatic heterocycles. The van der Waals surface area contributed by atoms with E-state index in [1.54, 1.807) is 4.31 Å².